The number of esters is 1. The number of unbranched alkanes of at least 4 members (excludes halogenated alkanes) is 8. The molecule has 4 N–H and O–H groups in total. The molecule has 6 nitrogen and oxygen atoms in total. The molecule has 0 amide bonds. The highest BCUT2D eigenvalue weighted by molar-refractivity contribution is 5.86. The second-order valence-corrected chi connectivity index (χ2v) is 8.82. The summed E-state index contributed by atoms with van der Waals surface area (Å²) in [4.78, 5) is 11.3. The van der Waals surface area contributed by atoms with Gasteiger partial charge in [0, 0.05) is 16.8 Å². The predicted molar refractivity (Wildman–Crippen MR) is 141 cm³/mol. The number of carbonyl (C=O) groups is 1. The molecule has 0 bridgehead atoms. The molecule has 0 radical (unpaired) electrons. The molecule has 0 spiro atoms. The first-order valence-electron chi connectivity index (χ1n) is 12.4. The first-order chi connectivity index (χ1) is 16.9. The molecule has 0 unspecified atom stereocenters. The largest absolute Gasteiger partial charge is 0.504 e. The van der Waals surface area contributed by atoms with Crippen LogP contribution in [0.2, 0.25) is 0 Å². The van der Waals surface area contributed by atoms with Crippen molar-refractivity contribution in [3.05, 3.63) is 65.7 Å². The van der Waals surface area contributed by atoms with Gasteiger partial charge in [0.2, 0.25) is 0 Å². The molecule has 0 aliphatic heterocycles. The molecule has 2 aromatic carbocycles. The van der Waals surface area contributed by atoms with Crippen molar-refractivity contribution in [2.75, 3.05) is 13.2 Å². The molecule has 0 aliphatic carbocycles. The van der Waals surface area contributed by atoms with E-state index in [0.29, 0.717) is 30.0 Å². The minimum absolute atomic E-state index is 0.171. The lowest BCUT2D eigenvalue weighted by Gasteiger charge is -2.07. The summed E-state index contributed by atoms with van der Waals surface area (Å²) in [6.45, 7) is 6.43. The van der Waals surface area contributed by atoms with Gasteiger partial charge in [-0.3, -0.25) is 0 Å². The minimum atomic E-state index is -0.294. The van der Waals surface area contributed by atoms with Crippen molar-refractivity contribution in [3.63, 3.8) is 0 Å². The van der Waals surface area contributed by atoms with Gasteiger partial charge in [-0.25, -0.2) is 4.79 Å². The number of hydrogen-bond acceptors (Lipinski definition) is 6. The monoisotopic (exact) mass is 481 g/mol. The number of phenolic OH excluding ortho intramolecular Hbond substituents is 2. The average Bonchev–Trinajstić information content (AvgIpc) is 2.84. The number of aromatic hydroxyl groups is 2. The van der Waals surface area contributed by atoms with Gasteiger partial charge in [0.1, 0.15) is 5.75 Å². The molecule has 0 saturated carbocycles. The first kappa shape index (κ1) is 27.8. The first-order valence-corrected chi connectivity index (χ1v) is 12.4. The van der Waals surface area contributed by atoms with E-state index in [2.05, 4.69) is 6.58 Å². The van der Waals surface area contributed by atoms with Crippen LogP contribution in [-0.2, 0) is 9.53 Å². The Morgan fingerprint density at radius 2 is 1.43 bits per heavy atom. The Labute approximate surface area is 209 Å². The van der Waals surface area contributed by atoms with Crippen LogP contribution >= 0.6 is 0 Å². The topological polar surface area (TPSA) is 102 Å². The number of phenols is 2. The van der Waals surface area contributed by atoms with Gasteiger partial charge in [-0.05, 0) is 61.7 Å². The maximum Gasteiger partial charge on any atom is 0.333 e. The standard InChI is InChI=1S/C29H39NO5/c1-22(2)29(33)35-19-11-9-7-5-3-4-6-8-10-18-34-25-15-12-23(13-16-25)20-26(30)24-14-17-27(31)28(32)21-24/h12-17,20-21,31-32H,1,3-11,18-19,30H2,2H3/b26-20-. The lowest BCUT2D eigenvalue weighted by Crippen LogP contribution is -2.05. The summed E-state index contributed by atoms with van der Waals surface area (Å²) < 4.78 is 10.9. The van der Waals surface area contributed by atoms with E-state index in [0.717, 1.165) is 37.0 Å². The summed E-state index contributed by atoms with van der Waals surface area (Å²) in [5, 5.41) is 19.0. The summed E-state index contributed by atoms with van der Waals surface area (Å²) in [5.74, 6) is 0.170. The predicted octanol–water partition coefficient (Wildman–Crippen LogP) is 6.56. The molecule has 0 fully saturated rings. The van der Waals surface area contributed by atoms with Crippen LogP contribution in [0, 0.1) is 0 Å². The number of rotatable bonds is 16. The van der Waals surface area contributed by atoms with E-state index in [9.17, 15) is 15.0 Å². The normalized spacial score (nSPS) is 11.3. The molecule has 2 aromatic rings. The smallest absolute Gasteiger partial charge is 0.333 e. The van der Waals surface area contributed by atoms with Crippen molar-refractivity contribution in [2.24, 2.45) is 5.73 Å². The van der Waals surface area contributed by atoms with E-state index in [4.69, 9.17) is 15.2 Å². The van der Waals surface area contributed by atoms with Crippen molar-refractivity contribution in [1.82, 2.24) is 0 Å². The fourth-order valence-corrected chi connectivity index (χ4v) is 3.55. The SMILES string of the molecule is C=C(C)C(=O)OCCCCCCCCCCCOc1ccc(/C=C(\N)c2ccc(O)c(O)c2)cc1. The van der Waals surface area contributed by atoms with Gasteiger partial charge in [-0.1, -0.05) is 63.7 Å². The molecule has 0 aliphatic rings. The van der Waals surface area contributed by atoms with Crippen molar-refractivity contribution in [1.29, 1.82) is 0 Å². The number of ether oxygens (including phenoxy) is 2. The van der Waals surface area contributed by atoms with Gasteiger partial charge in [0.25, 0.3) is 0 Å². The van der Waals surface area contributed by atoms with E-state index in [1.54, 1.807) is 13.0 Å². The zero-order chi connectivity index (χ0) is 25.5. The molecule has 0 atom stereocenters. The van der Waals surface area contributed by atoms with Gasteiger partial charge in [0.05, 0.1) is 13.2 Å². The molecule has 0 saturated heterocycles. The zero-order valence-electron chi connectivity index (χ0n) is 20.8. The van der Waals surface area contributed by atoms with E-state index >= 15 is 0 Å². The third kappa shape index (κ3) is 11.0. The van der Waals surface area contributed by atoms with Gasteiger partial charge in [-0.15, -0.1) is 0 Å². The summed E-state index contributed by atoms with van der Waals surface area (Å²) in [6.07, 6.45) is 12.1. The van der Waals surface area contributed by atoms with Crippen LogP contribution in [0.15, 0.2) is 54.6 Å². The highest BCUT2D eigenvalue weighted by Gasteiger charge is 2.04. The maximum atomic E-state index is 11.3. The van der Waals surface area contributed by atoms with Crippen LogP contribution in [0.3, 0.4) is 0 Å². The van der Waals surface area contributed by atoms with Crippen molar-refractivity contribution < 1.29 is 24.5 Å². The fraction of sp³-hybridized carbons (Fsp3) is 0.414. The molecule has 35 heavy (non-hydrogen) atoms. The van der Waals surface area contributed by atoms with E-state index in [1.165, 1.54) is 44.2 Å². The van der Waals surface area contributed by atoms with E-state index in [1.807, 2.05) is 30.3 Å². The summed E-state index contributed by atoms with van der Waals surface area (Å²) in [5.41, 5.74) is 8.63. The van der Waals surface area contributed by atoms with Gasteiger partial charge in [-0.2, -0.15) is 0 Å². The van der Waals surface area contributed by atoms with Crippen molar-refractivity contribution in [2.45, 2.75) is 64.7 Å². The minimum Gasteiger partial charge on any atom is -0.504 e. The molecule has 190 valence electrons. The van der Waals surface area contributed by atoms with Crippen LogP contribution in [0.1, 0.15) is 75.8 Å². The van der Waals surface area contributed by atoms with Crippen molar-refractivity contribution >= 4 is 17.7 Å². The number of nitrogens with two attached hydrogens (primary N) is 1. The van der Waals surface area contributed by atoms with Crippen LogP contribution in [-0.4, -0.2) is 29.4 Å². The molecule has 6 heteroatoms. The van der Waals surface area contributed by atoms with E-state index in [-0.39, 0.29) is 17.5 Å². The van der Waals surface area contributed by atoms with Crippen LogP contribution in [0.25, 0.3) is 11.8 Å². The van der Waals surface area contributed by atoms with Gasteiger partial charge < -0.3 is 25.4 Å². The molecule has 0 aromatic heterocycles. The lowest BCUT2D eigenvalue weighted by atomic mass is 10.1. The summed E-state index contributed by atoms with van der Waals surface area (Å²) in [7, 11) is 0. The number of hydrogen-bond donors (Lipinski definition) is 3. The molecular weight excluding hydrogens is 442 g/mol. The Hall–Kier alpha value is -3.41. The Morgan fingerprint density at radius 3 is 2.00 bits per heavy atom. The molecule has 0 heterocycles. The van der Waals surface area contributed by atoms with Crippen molar-refractivity contribution in [3.8, 4) is 17.2 Å². The highest BCUT2D eigenvalue weighted by atomic mass is 16.5. The Bertz CT molecular complexity index is 966. The summed E-state index contributed by atoms with van der Waals surface area (Å²) >= 11 is 0. The lowest BCUT2D eigenvalue weighted by molar-refractivity contribution is -0.139. The van der Waals surface area contributed by atoms with Crippen LogP contribution in [0.5, 0.6) is 17.2 Å². The molecular formula is C29H39NO5. The Kier molecular flexibility index (Phi) is 12.3. The van der Waals surface area contributed by atoms with Gasteiger partial charge in [0.15, 0.2) is 11.5 Å². The fourth-order valence-electron chi connectivity index (χ4n) is 3.55. The molecule has 2 rings (SSSR count). The number of benzene rings is 2. The summed E-state index contributed by atoms with van der Waals surface area (Å²) in [6, 6.07) is 12.2. The second-order valence-electron chi connectivity index (χ2n) is 8.82. The van der Waals surface area contributed by atoms with Crippen LogP contribution < -0.4 is 10.5 Å². The third-order valence-electron chi connectivity index (χ3n) is 5.65. The average molecular weight is 482 g/mol. The Balaban J connectivity index is 1.51. The maximum absolute atomic E-state index is 11.3. The quantitative estimate of drug-likeness (QED) is 0.0824. The second kappa shape index (κ2) is 15.5. The number of carbonyl (C=O) groups excluding carboxylic acids is 1. The zero-order valence-corrected chi connectivity index (χ0v) is 20.8. The van der Waals surface area contributed by atoms with Crippen LogP contribution in [0.4, 0.5) is 0 Å². The van der Waals surface area contributed by atoms with E-state index < -0.39 is 0 Å². The highest BCUT2D eigenvalue weighted by Crippen LogP contribution is 2.27. The Morgan fingerprint density at radius 1 is 0.857 bits per heavy atom. The third-order valence-corrected chi connectivity index (χ3v) is 5.65. The van der Waals surface area contributed by atoms with Gasteiger partial charge >= 0.3 is 5.97 Å².